The summed E-state index contributed by atoms with van der Waals surface area (Å²) in [6.07, 6.45) is 11.0. The monoisotopic (exact) mass is 278 g/mol. The summed E-state index contributed by atoms with van der Waals surface area (Å²) in [5.74, 6) is 1.27. The molecular formula is C18H16NO2+. The van der Waals surface area contributed by atoms with Gasteiger partial charge in [0.1, 0.15) is 18.6 Å². The molecule has 1 heterocycles. The number of hydrogen-bond acceptors (Lipinski definition) is 2. The van der Waals surface area contributed by atoms with E-state index in [1.54, 1.807) is 19.2 Å². The highest BCUT2D eigenvalue weighted by Gasteiger charge is 2.24. The molecule has 3 nitrogen and oxygen atoms in total. The number of nitrogens with one attached hydrogen (secondary N) is 1. The van der Waals surface area contributed by atoms with Gasteiger partial charge in [0.25, 0.3) is 5.78 Å². The van der Waals surface area contributed by atoms with Gasteiger partial charge in [-0.1, -0.05) is 23.8 Å². The maximum atomic E-state index is 12.5. The van der Waals surface area contributed by atoms with Crippen LogP contribution in [0.25, 0.3) is 6.08 Å². The summed E-state index contributed by atoms with van der Waals surface area (Å²) in [5, 5.41) is 0. The van der Waals surface area contributed by atoms with Gasteiger partial charge >= 0.3 is 0 Å². The zero-order valence-electron chi connectivity index (χ0n) is 12.0. The van der Waals surface area contributed by atoms with Crippen molar-refractivity contribution >= 4 is 17.6 Å². The first-order chi connectivity index (χ1) is 10.2. The number of fused-ring (bicyclic) bond motifs is 1. The third-order valence-corrected chi connectivity index (χ3v) is 3.46. The van der Waals surface area contributed by atoms with E-state index >= 15 is 0 Å². The zero-order chi connectivity index (χ0) is 14.8. The molecule has 3 heteroatoms. The van der Waals surface area contributed by atoms with Gasteiger partial charge < -0.3 is 4.74 Å². The lowest BCUT2D eigenvalue weighted by molar-refractivity contribution is -0.417. The van der Waals surface area contributed by atoms with Crippen molar-refractivity contribution in [2.24, 2.45) is 0 Å². The third-order valence-electron chi connectivity index (χ3n) is 3.46. The van der Waals surface area contributed by atoms with E-state index in [4.69, 9.17) is 4.74 Å². The normalized spacial score (nSPS) is 22.2. The molecule has 1 aromatic rings. The predicted octanol–water partition coefficient (Wildman–Crippen LogP) is 1.50. The second-order valence-corrected chi connectivity index (χ2v) is 4.97. The Morgan fingerprint density at radius 3 is 2.67 bits per heavy atom. The Morgan fingerprint density at radius 2 is 1.86 bits per heavy atom. The van der Waals surface area contributed by atoms with Gasteiger partial charge in [-0.05, 0) is 37.3 Å². The average Bonchev–Trinajstić information content (AvgIpc) is 2.68. The molecule has 1 aliphatic carbocycles. The van der Waals surface area contributed by atoms with Crippen LogP contribution in [0.5, 0.6) is 5.75 Å². The van der Waals surface area contributed by atoms with E-state index in [9.17, 15) is 4.79 Å². The third kappa shape index (κ3) is 2.50. The first-order valence-electron chi connectivity index (χ1n) is 6.84. The van der Waals surface area contributed by atoms with Crippen LogP contribution in [0.15, 0.2) is 59.9 Å². The Balaban J connectivity index is 2.05. The summed E-state index contributed by atoms with van der Waals surface area (Å²) >= 11 is 0. The number of carbonyl (C=O) groups is 1. The van der Waals surface area contributed by atoms with Crippen LogP contribution in [0.2, 0.25) is 0 Å². The van der Waals surface area contributed by atoms with Crippen LogP contribution >= 0.6 is 0 Å². The van der Waals surface area contributed by atoms with Crippen LogP contribution in [-0.4, -0.2) is 18.5 Å². The number of ether oxygens (including phenoxy) is 1. The molecule has 1 aliphatic heterocycles. The quantitative estimate of drug-likeness (QED) is 0.731. The van der Waals surface area contributed by atoms with Crippen LogP contribution in [0.1, 0.15) is 11.1 Å². The number of allylic oxidation sites excluding steroid dienone is 6. The fourth-order valence-electron chi connectivity index (χ4n) is 2.34. The van der Waals surface area contributed by atoms with Crippen LogP contribution in [0, 0.1) is 6.92 Å². The maximum Gasteiger partial charge on any atom is 0.259 e. The Bertz CT molecular complexity index is 761. The number of hydrogen-bond donors (Lipinski definition) is 1. The molecule has 21 heavy (non-hydrogen) atoms. The van der Waals surface area contributed by atoms with Crippen molar-refractivity contribution in [1.29, 1.82) is 0 Å². The molecule has 0 spiro atoms. The number of ketones is 1. The highest BCUT2D eigenvalue weighted by molar-refractivity contribution is 6.48. The van der Waals surface area contributed by atoms with E-state index in [2.05, 4.69) is 11.1 Å². The topological polar surface area (TPSA) is 40.3 Å². The number of carbonyl (C=O) groups excluding carboxylic acids is 1. The van der Waals surface area contributed by atoms with Crippen molar-refractivity contribution in [3.05, 3.63) is 71.0 Å². The minimum Gasteiger partial charge on any atom is -0.456 e. The lowest BCUT2D eigenvalue weighted by atomic mass is 10.0. The molecule has 0 aromatic heterocycles. The van der Waals surface area contributed by atoms with Gasteiger partial charge in [0, 0.05) is 11.6 Å². The summed E-state index contributed by atoms with van der Waals surface area (Å²) in [5.41, 5.74) is 3.31. The number of rotatable bonds is 0. The molecule has 0 fully saturated rings. The van der Waals surface area contributed by atoms with Crippen LogP contribution in [0.4, 0.5) is 0 Å². The van der Waals surface area contributed by atoms with Gasteiger partial charge in [-0.15, -0.1) is 0 Å². The summed E-state index contributed by atoms with van der Waals surface area (Å²) in [7, 11) is 1.74. The Labute approximate surface area is 123 Å². The van der Waals surface area contributed by atoms with Crippen LogP contribution < -0.4 is 9.73 Å². The number of benzene rings is 1. The van der Waals surface area contributed by atoms with Crippen molar-refractivity contribution in [2.45, 2.75) is 6.92 Å². The van der Waals surface area contributed by atoms with Crippen LogP contribution in [0.3, 0.4) is 0 Å². The van der Waals surface area contributed by atoms with Gasteiger partial charge in [0.15, 0.2) is 0 Å². The van der Waals surface area contributed by atoms with E-state index in [1.165, 1.54) is 5.56 Å². The smallest absolute Gasteiger partial charge is 0.259 e. The molecule has 0 saturated carbocycles. The lowest BCUT2D eigenvalue weighted by Crippen LogP contribution is -2.69. The lowest BCUT2D eigenvalue weighted by Gasteiger charge is -2.16. The van der Waals surface area contributed by atoms with Crippen molar-refractivity contribution in [3.8, 4) is 5.75 Å². The first kappa shape index (κ1) is 13.3. The molecule has 1 N–H and O–H groups in total. The van der Waals surface area contributed by atoms with Crippen LogP contribution in [-0.2, 0) is 4.79 Å². The summed E-state index contributed by atoms with van der Waals surface area (Å²) in [6.45, 7) is 2.04. The second kappa shape index (κ2) is 5.37. The molecule has 0 atom stereocenters. The van der Waals surface area contributed by atoms with E-state index in [0.717, 1.165) is 11.3 Å². The zero-order valence-corrected chi connectivity index (χ0v) is 12.0. The number of Topliss-reactive ketones (excluding diaryl/α,β-unsaturated/α-hetero) is 1. The molecule has 2 aliphatic rings. The van der Waals surface area contributed by atoms with E-state index in [0.29, 0.717) is 17.0 Å². The minimum absolute atomic E-state index is 0.0716. The fourth-order valence-corrected chi connectivity index (χ4v) is 2.34. The van der Waals surface area contributed by atoms with Gasteiger partial charge in [-0.3, -0.25) is 4.79 Å². The van der Waals surface area contributed by atoms with Gasteiger partial charge in [-0.2, -0.15) is 0 Å². The molecule has 0 amide bonds. The minimum atomic E-state index is -0.0716. The van der Waals surface area contributed by atoms with E-state index in [1.807, 2.05) is 43.4 Å². The molecule has 0 saturated heterocycles. The Kier molecular flexibility index (Phi) is 3.40. The predicted molar refractivity (Wildman–Crippen MR) is 83.0 cm³/mol. The highest BCUT2D eigenvalue weighted by Crippen LogP contribution is 2.30. The van der Waals surface area contributed by atoms with E-state index < -0.39 is 0 Å². The van der Waals surface area contributed by atoms with Crippen molar-refractivity contribution in [1.82, 2.24) is 0 Å². The summed E-state index contributed by atoms with van der Waals surface area (Å²) < 4.78 is 5.90. The molecule has 0 radical (unpaired) electrons. The molecule has 1 aromatic carbocycles. The summed E-state index contributed by atoms with van der Waals surface area (Å²) in [4.78, 5) is 15.4. The molecule has 0 unspecified atom stereocenters. The van der Waals surface area contributed by atoms with Gasteiger partial charge in [0.2, 0.25) is 5.71 Å². The number of aryl methyl sites for hydroxylation is 1. The Hall–Kier alpha value is -2.68. The molecule has 3 rings (SSSR count). The second-order valence-electron chi connectivity index (χ2n) is 4.97. The maximum absolute atomic E-state index is 12.5. The summed E-state index contributed by atoms with van der Waals surface area (Å²) in [6, 6.07) is 5.99. The molecule has 104 valence electrons. The van der Waals surface area contributed by atoms with Crippen molar-refractivity contribution in [3.63, 3.8) is 0 Å². The molecule has 0 bridgehead atoms. The highest BCUT2D eigenvalue weighted by atomic mass is 16.5. The van der Waals surface area contributed by atoms with Crippen molar-refractivity contribution in [2.75, 3.05) is 7.05 Å². The molecular weight excluding hydrogens is 262 g/mol. The standard InChI is InChI=1S/C18H15NO2/c1-12-7-9-16-13(11-12)8-10-17(21-16)14-5-3-4-6-15(19-2)18(14)20/h3-11H,1-2H3/p+1/b17-14-,19-15?. The Morgan fingerprint density at radius 1 is 1.05 bits per heavy atom. The largest absolute Gasteiger partial charge is 0.456 e. The van der Waals surface area contributed by atoms with Gasteiger partial charge in [-0.25, -0.2) is 4.99 Å². The van der Waals surface area contributed by atoms with E-state index in [-0.39, 0.29) is 5.78 Å². The first-order valence-corrected chi connectivity index (χ1v) is 6.84. The fraction of sp³-hybridized carbons (Fsp3) is 0.111. The average molecular weight is 278 g/mol. The van der Waals surface area contributed by atoms with Gasteiger partial charge in [0.05, 0.1) is 5.57 Å². The van der Waals surface area contributed by atoms with Crippen molar-refractivity contribution < 1.29 is 14.5 Å². The SMILES string of the molecule is C[NH+]=C1C=CC=C/C(=C2\C=Cc3cc(C)ccc3O2)C1=O.